The van der Waals surface area contributed by atoms with Gasteiger partial charge in [0.15, 0.2) is 6.54 Å². The van der Waals surface area contributed by atoms with Crippen LogP contribution in [0.1, 0.15) is 102 Å². The first-order valence-electron chi connectivity index (χ1n) is 26.6. The number of anilines is 1. The zero-order chi connectivity index (χ0) is 58.6. The summed E-state index contributed by atoms with van der Waals surface area (Å²) in [4.78, 5) is 42.9. The number of nitrogens with zero attached hydrogens (tertiary/aromatic N) is 3. The summed E-state index contributed by atoms with van der Waals surface area (Å²) in [5, 5.41) is 1.17. The quantitative estimate of drug-likeness (QED) is 0.0341. The number of hydrogen-bond acceptors (Lipinski definition) is 21. The van der Waals surface area contributed by atoms with Crippen molar-refractivity contribution >= 4 is 59.9 Å². The molecule has 0 N–H and O–H groups in total. The van der Waals surface area contributed by atoms with Gasteiger partial charge < -0.3 is 56.2 Å². The number of unbranched alkanes of at least 4 members (excludes halogenated alkanes) is 2. The van der Waals surface area contributed by atoms with Gasteiger partial charge in [-0.3, -0.25) is 9.59 Å². The molecule has 1 unspecified atom stereocenters. The van der Waals surface area contributed by atoms with E-state index in [4.69, 9.17) is 37.7 Å². The van der Waals surface area contributed by atoms with Gasteiger partial charge >= 0.3 is 5.97 Å². The summed E-state index contributed by atoms with van der Waals surface area (Å²) in [6.45, 7) is 13.1. The van der Waals surface area contributed by atoms with Crippen molar-refractivity contribution in [3.05, 3.63) is 82.6 Å². The van der Waals surface area contributed by atoms with Crippen LogP contribution in [-0.4, -0.2) is 173 Å². The van der Waals surface area contributed by atoms with Crippen LogP contribution in [-0.2, 0) is 88.8 Å². The molecule has 5 rings (SSSR count). The van der Waals surface area contributed by atoms with Crippen LogP contribution in [0, 0.1) is 0 Å². The second-order valence-corrected chi connectivity index (χ2v) is 24.8. The fourth-order valence-electron chi connectivity index (χ4n) is 9.24. The number of imide groups is 1. The number of ether oxygens (including phenoxy) is 6. The van der Waals surface area contributed by atoms with Crippen LogP contribution in [0.15, 0.2) is 69.6 Å². The lowest BCUT2D eigenvalue weighted by Gasteiger charge is -2.31. The summed E-state index contributed by atoms with van der Waals surface area (Å²) in [6.07, 6.45) is 6.34. The number of carbonyl (C=O) groups excluding carboxylic acids is 3. The molecule has 0 spiro atoms. The van der Waals surface area contributed by atoms with E-state index in [1.807, 2.05) is 54.5 Å². The molecule has 0 saturated carbocycles. The number of amides is 2. The molecule has 2 amide bonds. The van der Waals surface area contributed by atoms with E-state index >= 15 is 0 Å². The monoisotopic (exact) mass is 1180 g/mol. The molecule has 3 aliphatic heterocycles. The third-order valence-electron chi connectivity index (χ3n) is 13.2. The van der Waals surface area contributed by atoms with E-state index in [0.717, 1.165) is 11.1 Å². The lowest BCUT2D eigenvalue weighted by Crippen LogP contribution is -2.35. The van der Waals surface area contributed by atoms with E-state index in [-0.39, 0.29) is 58.3 Å². The van der Waals surface area contributed by atoms with Crippen molar-refractivity contribution in [2.24, 2.45) is 0 Å². The van der Waals surface area contributed by atoms with Gasteiger partial charge in [0.25, 0.3) is 11.8 Å². The summed E-state index contributed by atoms with van der Waals surface area (Å²) >= 11 is 0. The molecule has 1 aromatic carbocycles. The minimum atomic E-state index is -4.94. The molecule has 0 radical (unpaired) electrons. The zero-order valence-electron chi connectivity index (χ0n) is 46.2. The molecular weight excluding hydrogens is 1110 g/mol. The molecule has 3 heterocycles. The number of benzene rings is 2. The van der Waals surface area contributed by atoms with Gasteiger partial charge in [-0.15, -0.1) is 5.06 Å². The van der Waals surface area contributed by atoms with Crippen LogP contribution in [0.25, 0.3) is 17.4 Å². The molecule has 26 heteroatoms. The minimum Gasteiger partial charge on any atom is -0.748 e. The molecule has 1 saturated heterocycles. The first-order chi connectivity index (χ1) is 37.8. The molecule has 1 fully saturated rings. The van der Waals surface area contributed by atoms with Crippen molar-refractivity contribution in [2.45, 2.75) is 101 Å². The van der Waals surface area contributed by atoms with Crippen LogP contribution in [0.4, 0.5) is 5.69 Å². The number of hydroxylamine groups is 2. The first kappa shape index (κ1) is 65.8. The molecule has 4 aliphatic rings. The van der Waals surface area contributed by atoms with Gasteiger partial charge in [-0.05, 0) is 91.6 Å². The SMILES string of the molecule is COCCOCCOCCOCCOCCOCC[N+](CCCS(=O)(=O)[O-])=c1ccc2c(C(C)(C)C)cc(/C=C/C=C3/N(CCCCCC(=O)ON4C(=O)CCC4=O)c4ccc(S(=O)(=O)[O-])cc4C3(C)CCCS(=O)(=O)[O-])oc-2c1. The van der Waals surface area contributed by atoms with E-state index < -0.39 is 75.4 Å². The number of rotatable bonds is 36. The largest absolute Gasteiger partial charge is 0.748 e. The van der Waals surface area contributed by atoms with Gasteiger partial charge in [0, 0.05) is 79.3 Å². The molecular formula is C54H75N3O20S3-2. The normalized spacial score (nSPS) is 17.2. The van der Waals surface area contributed by atoms with E-state index in [1.54, 1.807) is 32.3 Å². The average Bonchev–Trinajstić information content (AvgIpc) is 4.06. The standard InChI is InChI=1S/C54H77N3O20S3/c1-53(2,3)45-39-42(76-48-38-41(15-17-44(45)48)55(22-11-37-79(64,65)66)24-25-71-28-29-73-32-33-75-35-34-74-31-30-72-27-26-70-5)12-9-13-49-54(4,21-10-36-78(61,62)63)46-40-43(80(67,68)69)16-18-47(46)56(49)23-8-6-7-14-52(60)77-57-50(58)19-20-51(57)59/h9,12-13,15-18,38-40H,6-8,10-11,14,19-37H2,1-5H3,(H2-,61,62,63,64,65,66,67,68,69)/p-2. The predicted molar refractivity (Wildman–Crippen MR) is 290 cm³/mol. The van der Waals surface area contributed by atoms with E-state index in [2.05, 4.69) is 0 Å². The highest BCUT2D eigenvalue weighted by atomic mass is 32.2. The molecule has 0 aromatic heterocycles. The van der Waals surface area contributed by atoms with Crippen LogP contribution < -0.4 is 14.8 Å². The van der Waals surface area contributed by atoms with Crippen molar-refractivity contribution in [1.82, 2.24) is 9.64 Å². The van der Waals surface area contributed by atoms with Crippen molar-refractivity contribution in [2.75, 3.05) is 116 Å². The Balaban J connectivity index is 1.38. The van der Waals surface area contributed by atoms with Gasteiger partial charge in [-0.1, -0.05) is 33.3 Å². The van der Waals surface area contributed by atoms with Crippen molar-refractivity contribution in [1.29, 1.82) is 0 Å². The summed E-state index contributed by atoms with van der Waals surface area (Å²) in [5.74, 6) is -2.27. The maximum absolute atomic E-state index is 12.5. The van der Waals surface area contributed by atoms with E-state index in [9.17, 15) is 53.3 Å². The zero-order valence-corrected chi connectivity index (χ0v) is 48.6. The van der Waals surface area contributed by atoms with Crippen LogP contribution in [0.5, 0.6) is 0 Å². The Morgan fingerprint density at radius 1 is 0.725 bits per heavy atom. The van der Waals surface area contributed by atoms with Gasteiger partial charge in [0.2, 0.25) is 5.36 Å². The Hall–Kier alpha value is -4.97. The Labute approximate surface area is 469 Å². The van der Waals surface area contributed by atoms with Crippen molar-refractivity contribution in [3.8, 4) is 11.3 Å². The highest BCUT2D eigenvalue weighted by Crippen LogP contribution is 2.51. The highest BCUT2D eigenvalue weighted by Gasteiger charge is 2.43. The second kappa shape index (κ2) is 30.9. The van der Waals surface area contributed by atoms with E-state index in [1.165, 1.54) is 18.2 Å². The smallest absolute Gasteiger partial charge is 0.333 e. The highest BCUT2D eigenvalue weighted by molar-refractivity contribution is 7.86. The summed E-state index contributed by atoms with van der Waals surface area (Å²) in [6, 6.07) is 11.5. The maximum atomic E-state index is 12.5. The third-order valence-corrected chi connectivity index (χ3v) is 15.6. The van der Waals surface area contributed by atoms with Crippen molar-refractivity contribution < 1.29 is 91.0 Å². The van der Waals surface area contributed by atoms with Crippen molar-refractivity contribution in [3.63, 3.8) is 0 Å². The fourth-order valence-corrected chi connectivity index (χ4v) is 10.7. The van der Waals surface area contributed by atoms with Gasteiger partial charge in [0.05, 0.1) is 97.3 Å². The van der Waals surface area contributed by atoms with Crippen LogP contribution in [0.3, 0.4) is 0 Å². The third kappa shape index (κ3) is 21.1. The lowest BCUT2D eigenvalue weighted by molar-refractivity contribution is -0.197. The molecule has 0 bridgehead atoms. The molecule has 1 aromatic rings. The minimum absolute atomic E-state index is 0.0399. The number of methoxy groups -OCH3 is 1. The summed E-state index contributed by atoms with van der Waals surface area (Å²) in [5.41, 5.74) is 1.75. The Morgan fingerprint density at radius 2 is 1.31 bits per heavy atom. The maximum Gasteiger partial charge on any atom is 0.333 e. The number of carbonyl (C=O) groups is 3. The molecule has 1 aliphatic carbocycles. The fraction of sp³-hybridized carbons (Fsp3) is 0.593. The summed E-state index contributed by atoms with van der Waals surface area (Å²) in [7, 11) is -12.5. The van der Waals surface area contributed by atoms with E-state index in [0.29, 0.717) is 131 Å². The number of hydrogen-bond donors (Lipinski definition) is 0. The van der Waals surface area contributed by atoms with Gasteiger partial charge in [0.1, 0.15) is 34.8 Å². The first-order valence-corrected chi connectivity index (χ1v) is 31.1. The molecule has 446 valence electrons. The Bertz CT molecular complexity index is 2990. The number of allylic oxidation sites excluding steroid dienone is 3. The second-order valence-electron chi connectivity index (χ2n) is 20.4. The van der Waals surface area contributed by atoms with Crippen LogP contribution in [0.2, 0.25) is 0 Å². The van der Waals surface area contributed by atoms with Crippen LogP contribution >= 0.6 is 0 Å². The lowest BCUT2D eigenvalue weighted by atomic mass is 9.77. The molecule has 1 atom stereocenters. The van der Waals surface area contributed by atoms with Gasteiger partial charge in [-0.2, -0.15) is 0 Å². The average molecular weight is 1180 g/mol. The summed E-state index contributed by atoms with van der Waals surface area (Å²) < 4.78 is 149. The van der Waals surface area contributed by atoms with Gasteiger partial charge in [-0.25, -0.2) is 34.6 Å². The topological polar surface area (TPSA) is 310 Å². The number of fused-ring (bicyclic) bond motifs is 2. The predicted octanol–water partition coefficient (Wildman–Crippen LogP) is 4.19. The molecule has 80 heavy (non-hydrogen) atoms. The molecule has 23 nitrogen and oxygen atoms in total. The Kier molecular flexibility index (Phi) is 25.4. The Morgan fingerprint density at radius 3 is 1.89 bits per heavy atom.